The number of hydrogen-bond donors (Lipinski definition) is 2. The number of piperazine rings is 1. The number of likely N-dealkylation sites (N-methyl/N-ethyl adjacent to an activating group) is 1. The molecule has 0 bridgehead atoms. The van der Waals surface area contributed by atoms with E-state index in [1.165, 1.54) is 11.1 Å². The van der Waals surface area contributed by atoms with E-state index in [0.29, 0.717) is 6.42 Å². The molecule has 1 aliphatic heterocycles. The number of carbonyl (C=O) groups is 1. The van der Waals surface area contributed by atoms with Crippen LogP contribution in [-0.4, -0.2) is 49.0 Å². The van der Waals surface area contributed by atoms with Gasteiger partial charge in [0.1, 0.15) is 5.82 Å². The summed E-state index contributed by atoms with van der Waals surface area (Å²) in [5, 5.41) is 0. The number of anilines is 1. The molecule has 0 aliphatic carbocycles. The summed E-state index contributed by atoms with van der Waals surface area (Å²) < 4.78 is 0. The topological polar surface area (TPSA) is 74.5 Å². The third kappa shape index (κ3) is 5.03. The van der Waals surface area contributed by atoms with Gasteiger partial charge in [-0.15, -0.1) is 0 Å². The van der Waals surface area contributed by atoms with Crippen LogP contribution in [0.15, 0.2) is 42.6 Å². The van der Waals surface area contributed by atoms with E-state index in [1.807, 2.05) is 18.3 Å². The normalized spacial score (nSPS) is 15.1. The summed E-state index contributed by atoms with van der Waals surface area (Å²) in [6.45, 7) is 4.26. The highest BCUT2D eigenvalue weighted by Gasteiger charge is 2.14. The second kappa shape index (κ2) is 8.78. The first kappa shape index (κ1) is 18.4. The number of pyridine rings is 1. The molecule has 2 aromatic rings. The summed E-state index contributed by atoms with van der Waals surface area (Å²) in [5.41, 5.74) is 5.62. The van der Waals surface area contributed by atoms with Crippen LogP contribution in [0, 0.1) is 0 Å². The number of hydrogen-bond acceptors (Lipinski definition) is 5. The Morgan fingerprint density at radius 1 is 1.00 bits per heavy atom. The molecule has 0 radical (unpaired) electrons. The number of amides is 1. The molecular formula is C20H27N5O. The van der Waals surface area contributed by atoms with Gasteiger partial charge in [-0.3, -0.25) is 10.2 Å². The minimum Gasteiger partial charge on any atom is -0.354 e. The number of benzene rings is 1. The van der Waals surface area contributed by atoms with Gasteiger partial charge in [0.25, 0.3) is 0 Å². The van der Waals surface area contributed by atoms with Gasteiger partial charge in [0.05, 0.1) is 6.42 Å². The summed E-state index contributed by atoms with van der Waals surface area (Å²) in [4.78, 5) is 20.6. The van der Waals surface area contributed by atoms with Crippen LogP contribution in [0.3, 0.4) is 0 Å². The summed E-state index contributed by atoms with van der Waals surface area (Å²) >= 11 is 0. The van der Waals surface area contributed by atoms with Crippen LogP contribution in [0.5, 0.6) is 0 Å². The number of aryl methyl sites for hydroxylation is 2. The Balaban J connectivity index is 1.51. The number of carbonyl (C=O) groups excluding carboxylic acids is 1. The van der Waals surface area contributed by atoms with Gasteiger partial charge in [-0.1, -0.05) is 30.3 Å². The van der Waals surface area contributed by atoms with E-state index < -0.39 is 0 Å². The second-order valence-electron chi connectivity index (χ2n) is 6.88. The Kier molecular flexibility index (Phi) is 6.20. The van der Waals surface area contributed by atoms with E-state index in [0.717, 1.165) is 50.4 Å². The molecule has 3 N–H and O–H groups in total. The maximum Gasteiger partial charge on any atom is 0.238 e. The largest absolute Gasteiger partial charge is 0.354 e. The number of nitrogens with two attached hydrogens (primary N) is 1. The van der Waals surface area contributed by atoms with Gasteiger partial charge in [-0.2, -0.15) is 0 Å². The van der Waals surface area contributed by atoms with Gasteiger partial charge in [0.15, 0.2) is 0 Å². The monoisotopic (exact) mass is 353 g/mol. The van der Waals surface area contributed by atoms with Crippen LogP contribution in [-0.2, 0) is 24.1 Å². The number of nitrogens with one attached hydrogen (secondary N) is 1. The van der Waals surface area contributed by atoms with Crippen LogP contribution < -0.4 is 16.2 Å². The summed E-state index contributed by atoms with van der Waals surface area (Å²) in [6, 6.07) is 12.4. The Labute approximate surface area is 155 Å². The molecule has 1 aromatic carbocycles. The maximum atomic E-state index is 11.3. The Bertz CT molecular complexity index is 706. The molecule has 0 unspecified atom stereocenters. The predicted octanol–water partition coefficient (Wildman–Crippen LogP) is 1.15. The summed E-state index contributed by atoms with van der Waals surface area (Å²) in [7, 11) is 2.16. The standard InChI is InChI=1S/C20H27N5O/c1-24-10-12-25(13-11-24)19-9-8-18(15-22-19)7-4-16-2-5-17(6-3-16)14-20(26)23-21/h2-3,5-6,8-9,15H,4,7,10-14,21H2,1H3,(H,23,26). The van der Waals surface area contributed by atoms with Gasteiger partial charge in [-0.25, -0.2) is 10.8 Å². The third-order valence-corrected chi connectivity index (χ3v) is 4.89. The van der Waals surface area contributed by atoms with Crippen molar-refractivity contribution >= 4 is 11.7 Å². The Morgan fingerprint density at radius 2 is 1.62 bits per heavy atom. The molecule has 3 rings (SSSR count). The molecule has 6 nitrogen and oxygen atoms in total. The molecule has 1 fully saturated rings. The molecule has 2 heterocycles. The first-order valence-electron chi connectivity index (χ1n) is 9.10. The van der Waals surface area contributed by atoms with Crippen LogP contribution in [0.25, 0.3) is 0 Å². The van der Waals surface area contributed by atoms with E-state index in [1.54, 1.807) is 0 Å². The smallest absolute Gasteiger partial charge is 0.238 e. The second-order valence-corrected chi connectivity index (χ2v) is 6.88. The molecule has 1 saturated heterocycles. The molecule has 1 aromatic heterocycles. The van der Waals surface area contributed by atoms with Crippen LogP contribution in [0.2, 0.25) is 0 Å². The fourth-order valence-corrected chi connectivity index (χ4v) is 3.14. The predicted molar refractivity (Wildman–Crippen MR) is 104 cm³/mol. The van der Waals surface area contributed by atoms with Gasteiger partial charge in [0, 0.05) is 32.4 Å². The van der Waals surface area contributed by atoms with Crippen molar-refractivity contribution in [2.75, 3.05) is 38.1 Å². The van der Waals surface area contributed by atoms with Crippen molar-refractivity contribution in [3.63, 3.8) is 0 Å². The highest BCUT2D eigenvalue weighted by atomic mass is 16.2. The minimum atomic E-state index is -0.177. The molecule has 0 atom stereocenters. The highest BCUT2D eigenvalue weighted by molar-refractivity contribution is 5.77. The molecule has 0 saturated carbocycles. The van der Waals surface area contributed by atoms with E-state index >= 15 is 0 Å². The number of hydrazine groups is 1. The van der Waals surface area contributed by atoms with Crippen LogP contribution >= 0.6 is 0 Å². The maximum absolute atomic E-state index is 11.3. The van der Waals surface area contributed by atoms with Gasteiger partial charge in [-0.05, 0) is 42.6 Å². The van der Waals surface area contributed by atoms with Gasteiger partial charge < -0.3 is 9.80 Å². The average Bonchev–Trinajstić information content (AvgIpc) is 2.68. The average molecular weight is 353 g/mol. The Morgan fingerprint density at radius 3 is 2.23 bits per heavy atom. The van der Waals surface area contributed by atoms with Crippen molar-refractivity contribution in [3.05, 3.63) is 59.3 Å². The van der Waals surface area contributed by atoms with E-state index in [2.05, 4.69) is 51.5 Å². The molecule has 26 heavy (non-hydrogen) atoms. The first-order valence-corrected chi connectivity index (χ1v) is 9.10. The molecular weight excluding hydrogens is 326 g/mol. The highest BCUT2D eigenvalue weighted by Crippen LogP contribution is 2.15. The number of nitrogens with zero attached hydrogens (tertiary/aromatic N) is 3. The summed E-state index contributed by atoms with van der Waals surface area (Å²) in [6.07, 6.45) is 4.22. The first-order chi connectivity index (χ1) is 12.6. The fourth-order valence-electron chi connectivity index (χ4n) is 3.14. The van der Waals surface area contributed by atoms with Crippen molar-refractivity contribution in [1.82, 2.24) is 15.3 Å². The number of aromatic nitrogens is 1. The van der Waals surface area contributed by atoms with Crippen molar-refractivity contribution in [2.24, 2.45) is 5.84 Å². The van der Waals surface area contributed by atoms with Crippen molar-refractivity contribution < 1.29 is 4.79 Å². The SMILES string of the molecule is CN1CCN(c2ccc(CCc3ccc(CC(=O)NN)cc3)cn2)CC1. The molecule has 1 amide bonds. The zero-order valence-electron chi connectivity index (χ0n) is 15.3. The molecule has 1 aliphatic rings. The molecule has 138 valence electrons. The Hall–Kier alpha value is -2.44. The lowest BCUT2D eigenvalue weighted by Gasteiger charge is -2.33. The summed E-state index contributed by atoms with van der Waals surface area (Å²) in [5.74, 6) is 6.01. The molecule has 6 heteroatoms. The van der Waals surface area contributed by atoms with E-state index in [9.17, 15) is 4.79 Å². The van der Waals surface area contributed by atoms with E-state index in [-0.39, 0.29) is 5.91 Å². The van der Waals surface area contributed by atoms with Gasteiger partial charge >= 0.3 is 0 Å². The zero-order chi connectivity index (χ0) is 18.4. The van der Waals surface area contributed by atoms with Crippen molar-refractivity contribution in [2.45, 2.75) is 19.3 Å². The lowest BCUT2D eigenvalue weighted by atomic mass is 10.0. The zero-order valence-corrected chi connectivity index (χ0v) is 15.3. The number of rotatable bonds is 6. The van der Waals surface area contributed by atoms with Crippen molar-refractivity contribution in [3.8, 4) is 0 Å². The van der Waals surface area contributed by atoms with Crippen LogP contribution in [0.1, 0.15) is 16.7 Å². The fraction of sp³-hybridized carbons (Fsp3) is 0.400. The third-order valence-electron chi connectivity index (χ3n) is 4.89. The quantitative estimate of drug-likeness (QED) is 0.463. The van der Waals surface area contributed by atoms with E-state index in [4.69, 9.17) is 5.84 Å². The van der Waals surface area contributed by atoms with Crippen LogP contribution in [0.4, 0.5) is 5.82 Å². The lowest BCUT2D eigenvalue weighted by molar-refractivity contribution is -0.120. The van der Waals surface area contributed by atoms with Gasteiger partial charge in [0.2, 0.25) is 5.91 Å². The minimum absolute atomic E-state index is 0.177. The van der Waals surface area contributed by atoms with Crippen molar-refractivity contribution in [1.29, 1.82) is 0 Å². The molecule has 0 spiro atoms. The lowest BCUT2D eigenvalue weighted by Crippen LogP contribution is -2.44.